The molecule has 1 aliphatic heterocycles. The van der Waals surface area contributed by atoms with Crippen LogP contribution in [0.2, 0.25) is 0 Å². The summed E-state index contributed by atoms with van der Waals surface area (Å²) in [5, 5.41) is 5.72. The summed E-state index contributed by atoms with van der Waals surface area (Å²) in [5.74, 6) is 0.652. The summed E-state index contributed by atoms with van der Waals surface area (Å²) in [4.78, 5) is 17.7. The number of hydrogen-bond acceptors (Lipinski definition) is 4. The molecule has 0 aromatic heterocycles. The summed E-state index contributed by atoms with van der Waals surface area (Å²) >= 11 is 1.35. The second-order valence-electron chi connectivity index (χ2n) is 7.86. The minimum absolute atomic E-state index is 0.140. The van der Waals surface area contributed by atoms with Gasteiger partial charge in [0.15, 0.2) is 5.17 Å². The highest BCUT2D eigenvalue weighted by molar-refractivity contribution is 8.18. The van der Waals surface area contributed by atoms with E-state index in [0.29, 0.717) is 16.7 Å². The number of nitrogens with one attached hydrogen (secondary N) is 1. The molecule has 5 rings (SSSR count). The van der Waals surface area contributed by atoms with Crippen molar-refractivity contribution >= 4 is 45.4 Å². The number of hydrogen-bond donors (Lipinski definition) is 1. The number of amides is 1. The number of benzene rings is 4. The molecule has 1 aliphatic rings. The maximum atomic E-state index is 12.4. The zero-order valence-corrected chi connectivity index (χ0v) is 18.9. The van der Waals surface area contributed by atoms with Gasteiger partial charge in [-0.2, -0.15) is 0 Å². The Bertz CT molecular complexity index is 1370. The Hall–Kier alpha value is -3.83. The van der Waals surface area contributed by atoms with Gasteiger partial charge in [-0.1, -0.05) is 72.3 Å². The minimum Gasteiger partial charge on any atom is -0.489 e. The Kier molecular flexibility index (Phi) is 5.96. The normalized spacial score (nSPS) is 15.8. The van der Waals surface area contributed by atoms with Gasteiger partial charge in [-0.15, -0.1) is 0 Å². The molecule has 0 aliphatic carbocycles. The minimum atomic E-state index is -0.140. The standard InChI is InChI=1S/C28H22N2O2S/c1-19-6-8-21(9-7-19)18-32-25-14-10-20(11-15-25)16-26-27(31)30-28(33-26)29-24-13-12-22-4-2-3-5-23(22)17-24/h2-17H,18H2,1H3,(H,29,30,31)/b26-16-. The Morgan fingerprint density at radius 2 is 1.67 bits per heavy atom. The molecule has 4 aromatic carbocycles. The van der Waals surface area contributed by atoms with Crippen LogP contribution in [0.25, 0.3) is 16.8 Å². The molecule has 0 unspecified atom stereocenters. The summed E-state index contributed by atoms with van der Waals surface area (Å²) in [5.41, 5.74) is 4.11. The fourth-order valence-electron chi connectivity index (χ4n) is 3.51. The molecular formula is C28H22N2O2S. The third-order valence-corrected chi connectivity index (χ3v) is 6.23. The van der Waals surface area contributed by atoms with Crippen LogP contribution in [0.5, 0.6) is 5.75 Å². The van der Waals surface area contributed by atoms with Gasteiger partial charge in [0.05, 0.1) is 10.6 Å². The highest BCUT2D eigenvalue weighted by Crippen LogP contribution is 2.29. The van der Waals surface area contributed by atoms with Crippen LogP contribution in [0.15, 0.2) is 101 Å². The van der Waals surface area contributed by atoms with Gasteiger partial charge in [0.25, 0.3) is 5.91 Å². The first-order chi connectivity index (χ1) is 16.1. The predicted octanol–water partition coefficient (Wildman–Crippen LogP) is 6.62. The smallest absolute Gasteiger partial charge is 0.264 e. The van der Waals surface area contributed by atoms with E-state index in [1.807, 2.05) is 60.7 Å². The van der Waals surface area contributed by atoms with Crippen LogP contribution in [0, 0.1) is 6.92 Å². The fourth-order valence-corrected chi connectivity index (χ4v) is 4.35. The molecule has 1 fully saturated rings. The van der Waals surface area contributed by atoms with Crippen LogP contribution in [-0.2, 0) is 11.4 Å². The number of aryl methyl sites for hydroxylation is 1. The lowest BCUT2D eigenvalue weighted by Gasteiger charge is -2.07. The molecule has 1 saturated heterocycles. The van der Waals surface area contributed by atoms with Crippen LogP contribution >= 0.6 is 11.8 Å². The SMILES string of the molecule is Cc1ccc(COc2ccc(/C=C3\SC(=Nc4ccc5ccccc5c4)NC3=O)cc2)cc1. The molecule has 0 radical (unpaired) electrons. The highest BCUT2D eigenvalue weighted by Gasteiger charge is 2.23. The molecule has 0 atom stereocenters. The number of aliphatic imine (C=N–C) groups is 1. The molecule has 5 heteroatoms. The van der Waals surface area contributed by atoms with Gasteiger partial charge in [0.2, 0.25) is 0 Å². The molecule has 1 heterocycles. The molecule has 0 saturated carbocycles. The number of ether oxygens (including phenoxy) is 1. The Morgan fingerprint density at radius 1 is 0.909 bits per heavy atom. The Morgan fingerprint density at radius 3 is 2.45 bits per heavy atom. The first-order valence-corrected chi connectivity index (χ1v) is 11.5. The van der Waals surface area contributed by atoms with Crippen LogP contribution in [0.4, 0.5) is 5.69 Å². The van der Waals surface area contributed by atoms with E-state index in [0.717, 1.165) is 33.3 Å². The highest BCUT2D eigenvalue weighted by atomic mass is 32.2. The number of nitrogens with zero attached hydrogens (tertiary/aromatic N) is 1. The van der Waals surface area contributed by atoms with E-state index in [2.05, 4.69) is 53.6 Å². The van der Waals surface area contributed by atoms with Crippen LogP contribution in [-0.4, -0.2) is 11.1 Å². The maximum Gasteiger partial charge on any atom is 0.264 e. The topological polar surface area (TPSA) is 50.7 Å². The first-order valence-electron chi connectivity index (χ1n) is 10.7. The Labute approximate surface area is 197 Å². The summed E-state index contributed by atoms with van der Waals surface area (Å²) < 4.78 is 5.87. The quantitative estimate of drug-likeness (QED) is 0.348. The number of carbonyl (C=O) groups excluding carboxylic acids is 1. The number of rotatable bonds is 5. The van der Waals surface area contributed by atoms with E-state index < -0.39 is 0 Å². The predicted molar refractivity (Wildman–Crippen MR) is 137 cm³/mol. The van der Waals surface area contributed by atoms with E-state index in [1.165, 1.54) is 17.3 Å². The summed E-state index contributed by atoms with van der Waals surface area (Å²) in [7, 11) is 0. The van der Waals surface area contributed by atoms with E-state index in [-0.39, 0.29) is 5.91 Å². The summed E-state index contributed by atoms with van der Waals surface area (Å²) in [6.07, 6.45) is 1.87. The van der Waals surface area contributed by atoms with Gasteiger partial charge in [-0.25, -0.2) is 4.99 Å². The summed E-state index contributed by atoms with van der Waals surface area (Å²) in [6, 6.07) is 30.2. The third-order valence-electron chi connectivity index (χ3n) is 5.32. The van der Waals surface area contributed by atoms with Gasteiger partial charge >= 0.3 is 0 Å². The lowest BCUT2D eigenvalue weighted by molar-refractivity contribution is -0.115. The Balaban J connectivity index is 1.25. The van der Waals surface area contributed by atoms with E-state index >= 15 is 0 Å². The van der Waals surface area contributed by atoms with E-state index in [1.54, 1.807) is 0 Å². The van der Waals surface area contributed by atoms with Crippen molar-refractivity contribution in [1.82, 2.24) is 5.32 Å². The first kappa shape index (κ1) is 21.0. The lowest BCUT2D eigenvalue weighted by atomic mass is 10.1. The maximum absolute atomic E-state index is 12.4. The molecule has 1 amide bonds. The molecule has 0 bridgehead atoms. The van der Waals surface area contributed by atoms with Crippen molar-refractivity contribution in [3.8, 4) is 5.75 Å². The second-order valence-corrected chi connectivity index (χ2v) is 8.89. The van der Waals surface area contributed by atoms with Crippen molar-refractivity contribution in [3.05, 3.63) is 113 Å². The van der Waals surface area contributed by atoms with Crippen LogP contribution < -0.4 is 10.1 Å². The van der Waals surface area contributed by atoms with Crippen molar-refractivity contribution < 1.29 is 9.53 Å². The molecule has 162 valence electrons. The zero-order chi connectivity index (χ0) is 22.6. The monoisotopic (exact) mass is 450 g/mol. The molecular weight excluding hydrogens is 428 g/mol. The van der Waals surface area contributed by atoms with Crippen molar-refractivity contribution in [1.29, 1.82) is 0 Å². The average molecular weight is 451 g/mol. The van der Waals surface area contributed by atoms with E-state index in [4.69, 9.17) is 4.74 Å². The van der Waals surface area contributed by atoms with Crippen molar-refractivity contribution in [2.75, 3.05) is 0 Å². The van der Waals surface area contributed by atoms with Gasteiger partial charge < -0.3 is 10.1 Å². The molecule has 0 spiro atoms. The number of amidine groups is 1. The summed E-state index contributed by atoms with van der Waals surface area (Å²) in [6.45, 7) is 2.59. The average Bonchev–Trinajstić information content (AvgIpc) is 3.18. The molecule has 4 nitrogen and oxygen atoms in total. The van der Waals surface area contributed by atoms with Gasteiger partial charge in [0, 0.05) is 0 Å². The largest absolute Gasteiger partial charge is 0.489 e. The van der Waals surface area contributed by atoms with E-state index in [9.17, 15) is 4.79 Å². The molecule has 33 heavy (non-hydrogen) atoms. The van der Waals surface area contributed by atoms with Crippen LogP contribution in [0.3, 0.4) is 0 Å². The lowest BCUT2D eigenvalue weighted by Crippen LogP contribution is -2.19. The second kappa shape index (κ2) is 9.35. The molecule has 4 aromatic rings. The zero-order valence-electron chi connectivity index (χ0n) is 18.1. The van der Waals surface area contributed by atoms with Crippen molar-refractivity contribution in [2.45, 2.75) is 13.5 Å². The number of thioether (sulfide) groups is 1. The number of carbonyl (C=O) groups is 1. The molecule has 1 N–H and O–H groups in total. The fraction of sp³-hybridized carbons (Fsp3) is 0.0714. The van der Waals surface area contributed by atoms with Gasteiger partial charge in [0.1, 0.15) is 12.4 Å². The number of fused-ring (bicyclic) bond motifs is 1. The van der Waals surface area contributed by atoms with Crippen LogP contribution in [0.1, 0.15) is 16.7 Å². The third kappa shape index (κ3) is 5.16. The van der Waals surface area contributed by atoms with Crippen molar-refractivity contribution in [3.63, 3.8) is 0 Å². The van der Waals surface area contributed by atoms with Gasteiger partial charge in [-0.3, -0.25) is 4.79 Å². The van der Waals surface area contributed by atoms with Crippen molar-refractivity contribution in [2.24, 2.45) is 4.99 Å². The van der Waals surface area contributed by atoms with Gasteiger partial charge in [-0.05, 0) is 70.9 Å².